The molecule has 0 atom stereocenters. The zero-order valence-corrected chi connectivity index (χ0v) is 13.6. The van der Waals surface area contributed by atoms with Gasteiger partial charge in [0.05, 0.1) is 6.26 Å². The summed E-state index contributed by atoms with van der Waals surface area (Å²) in [5, 5.41) is 5.41. The van der Waals surface area contributed by atoms with Gasteiger partial charge in [-0.05, 0) is 35.9 Å². The molecule has 2 aromatic rings. The Balaban J connectivity index is 1.79. The van der Waals surface area contributed by atoms with Crippen molar-refractivity contribution in [2.24, 2.45) is 0 Å². The maximum absolute atomic E-state index is 12.3. The largest absolute Gasteiger partial charge is 0.348 e. The summed E-state index contributed by atoms with van der Waals surface area (Å²) in [4.78, 5) is 24.0. The second kappa shape index (κ2) is 5.97. The molecule has 0 saturated heterocycles. The molecule has 0 bridgehead atoms. The summed E-state index contributed by atoms with van der Waals surface area (Å²) in [6, 6.07) is 11.3. The minimum atomic E-state index is -3.42. The lowest BCUT2D eigenvalue weighted by molar-refractivity contribution is 0.0964. The number of hydrogen-bond donors (Lipinski definition) is 3. The van der Waals surface area contributed by atoms with Gasteiger partial charge in [0.1, 0.15) is 0 Å². The van der Waals surface area contributed by atoms with E-state index in [2.05, 4.69) is 15.4 Å². The van der Waals surface area contributed by atoms with Gasteiger partial charge in [-0.3, -0.25) is 14.3 Å². The molecular weight excluding hydrogens is 330 g/mol. The molecular formula is C16H15N3O4S. The highest BCUT2D eigenvalue weighted by atomic mass is 32.2. The van der Waals surface area contributed by atoms with Crippen LogP contribution in [0, 0.1) is 0 Å². The fourth-order valence-electron chi connectivity index (χ4n) is 2.43. The molecule has 1 aliphatic rings. The Morgan fingerprint density at radius 3 is 2.67 bits per heavy atom. The van der Waals surface area contributed by atoms with Crippen molar-refractivity contribution < 1.29 is 18.0 Å². The zero-order chi connectivity index (χ0) is 17.3. The SMILES string of the molecule is CS(=O)(=O)Nc1cccc(C(=O)Nc2ccc3c(c2)C(=O)NC3)c1. The Labute approximate surface area is 139 Å². The van der Waals surface area contributed by atoms with E-state index in [9.17, 15) is 18.0 Å². The molecule has 0 fully saturated rings. The Morgan fingerprint density at radius 2 is 1.92 bits per heavy atom. The van der Waals surface area contributed by atoms with Crippen molar-refractivity contribution in [1.82, 2.24) is 5.32 Å². The first-order chi connectivity index (χ1) is 11.3. The van der Waals surface area contributed by atoms with Crippen LogP contribution in [0.3, 0.4) is 0 Å². The van der Waals surface area contributed by atoms with Crippen LogP contribution in [0.4, 0.5) is 11.4 Å². The predicted octanol–water partition coefficient (Wildman–Crippen LogP) is 1.55. The summed E-state index contributed by atoms with van der Waals surface area (Å²) in [5.41, 5.74) is 2.53. The van der Waals surface area contributed by atoms with Gasteiger partial charge in [0.25, 0.3) is 11.8 Å². The number of anilines is 2. The Kier molecular flexibility index (Phi) is 3.98. The van der Waals surface area contributed by atoms with Crippen LogP contribution in [0.2, 0.25) is 0 Å². The number of amides is 2. The Morgan fingerprint density at radius 1 is 1.12 bits per heavy atom. The lowest BCUT2D eigenvalue weighted by atomic mass is 10.1. The van der Waals surface area contributed by atoms with Crippen LogP contribution in [0.1, 0.15) is 26.3 Å². The number of fused-ring (bicyclic) bond motifs is 1. The van der Waals surface area contributed by atoms with Gasteiger partial charge in [-0.1, -0.05) is 12.1 Å². The van der Waals surface area contributed by atoms with Gasteiger partial charge in [0.2, 0.25) is 10.0 Å². The van der Waals surface area contributed by atoms with Crippen molar-refractivity contribution in [3.05, 3.63) is 59.2 Å². The molecule has 1 heterocycles. The van der Waals surface area contributed by atoms with Crippen LogP contribution in [0.15, 0.2) is 42.5 Å². The number of rotatable bonds is 4. The number of carbonyl (C=O) groups is 2. The Bertz CT molecular complexity index is 938. The highest BCUT2D eigenvalue weighted by Gasteiger charge is 2.19. The first-order valence-corrected chi connectivity index (χ1v) is 9.01. The average Bonchev–Trinajstić information content (AvgIpc) is 2.87. The van der Waals surface area contributed by atoms with Gasteiger partial charge in [-0.15, -0.1) is 0 Å². The standard InChI is InChI=1S/C16H15N3O4S/c1-24(22,23)19-13-4-2-3-10(7-13)15(20)18-12-6-5-11-9-17-16(21)14(11)8-12/h2-8,19H,9H2,1H3,(H,17,21)(H,18,20). The van der Waals surface area contributed by atoms with Gasteiger partial charge in [-0.25, -0.2) is 8.42 Å². The topological polar surface area (TPSA) is 104 Å². The van der Waals surface area contributed by atoms with Crippen molar-refractivity contribution in [3.63, 3.8) is 0 Å². The normalized spacial score (nSPS) is 13.1. The van der Waals surface area contributed by atoms with Crippen molar-refractivity contribution in [3.8, 4) is 0 Å². The van der Waals surface area contributed by atoms with Crippen LogP contribution in [-0.4, -0.2) is 26.5 Å². The van der Waals surface area contributed by atoms with Gasteiger partial charge >= 0.3 is 0 Å². The first kappa shape index (κ1) is 16.0. The maximum Gasteiger partial charge on any atom is 0.255 e. The molecule has 0 spiro atoms. The number of sulfonamides is 1. The predicted molar refractivity (Wildman–Crippen MR) is 90.5 cm³/mol. The minimum absolute atomic E-state index is 0.166. The van der Waals surface area contributed by atoms with E-state index in [1.165, 1.54) is 6.07 Å². The van der Waals surface area contributed by atoms with Crippen molar-refractivity contribution in [1.29, 1.82) is 0 Å². The molecule has 1 aliphatic heterocycles. The van der Waals surface area contributed by atoms with E-state index in [1.54, 1.807) is 36.4 Å². The smallest absolute Gasteiger partial charge is 0.255 e. The lowest BCUT2D eigenvalue weighted by Gasteiger charge is -2.09. The number of hydrogen-bond acceptors (Lipinski definition) is 4. The minimum Gasteiger partial charge on any atom is -0.348 e. The van der Waals surface area contributed by atoms with Gasteiger partial charge in [-0.2, -0.15) is 0 Å². The molecule has 0 aliphatic carbocycles. The van der Waals surface area contributed by atoms with E-state index in [0.717, 1.165) is 11.8 Å². The summed E-state index contributed by atoms with van der Waals surface area (Å²) in [6.07, 6.45) is 1.04. The molecule has 0 saturated carbocycles. The summed E-state index contributed by atoms with van der Waals surface area (Å²) in [5.74, 6) is -0.564. The lowest BCUT2D eigenvalue weighted by Crippen LogP contribution is -2.14. The summed E-state index contributed by atoms with van der Waals surface area (Å²) < 4.78 is 24.8. The second-order valence-electron chi connectivity index (χ2n) is 5.46. The van der Waals surface area contributed by atoms with Crippen LogP contribution in [0.25, 0.3) is 0 Å². The molecule has 2 amide bonds. The van der Waals surface area contributed by atoms with Crippen LogP contribution in [0.5, 0.6) is 0 Å². The van der Waals surface area contributed by atoms with E-state index in [4.69, 9.17) is 0 Å². The maximum atomic E-state index is 12.3. The van der Waals surface area contributed by atoms with E-state index >= 15 is 0 Å². The van der Waals surface area contributed by atoms with Crippen LogP contribution < -0.4 is 15.4 Å². The third-order valence-electron chi connectivity index (χ3n) is 3.48. The van der Waals surface area contributed by atoms with Crippen molar-refractivity contribution in [2.75, 3.05) is 16.3 Å². The van der Waals surface area contributed by atoms with E-state index in [0.29, 0.717) is 29.0 Å². The number of carbonyl (C=O) groups excluding carboxylic acids is 2. The van der Waals surface area contributed by atoms with Crippen LogP contribution >= 0.6 is 0 Å². The fraction of sp³-hybridized carbons (Fsp3) is 0.125. The molecule has 0 aromatic heterocycles. The van der Waals surface area contributed by atoms with Crippen molar-refractivity contribution >= 4 is 33.2 Å². The highest BCUT2D eigenvalue weighted by molar-refractivity contribution is 7.92. The van der Waals surface area contributed by atoms with E-state index in [-0.39, 0.29) is 5.91 Å². The molecule has 124 valence electrons. The second-order valence-corrected chi connectivity index (χ2v) is 7.21. The van der Waals surface area contributed by atoms with Crippen molar-refractivity contribution in [2.45, 2.75) is 6.54 Å². The van der Waals surface area contributed by atoms with Gasteiger partial charge < -0.3 is 10.6 Å². The molecule has 0 unspecified atom stereocenters. The molecule has 24 heavy (non-hydrogen) atoms. The highest BCUT2D eigenvalue weighted by Crippen LogP contribution is 2.21. The Hall–Kier alpha value is -2.87. The molecule has 2 aromatic carbocycles. The summed E-state index contributed by atoms with van der Waals surface area (Å²) >= 11 is 0. The van der Waals surface area contributed by atoms with Crippen LogP contribution in [-0.2, 0) is 16.6 Å². The quantitative estimate of drug-likeness (QED) is 0.782. The first-order valence-electron chi connectivity index (χ1n) is 7.12. The average molecular weight is 345 g/mol. The van der Waals surface area contributed by atoms with E-state index in [1.807, 2.05) is 0 Å². The fourth-order valence-corrected chi connectivity index (χ4v) is 2.99. The third kappa shape index (κ3) is 3.54. The number of benzene rings is 2. The summed E-state index contributed by atoms with van der Waals surface area (Å²) in [7, 11) is -3.42. The number of nitrogens with one attached hydrogen (secondary N) is 3. The van der Waals surface area contributed by atoms with Gasteiger partial charge in [0, 0.05) is 29.0 Å². The monoisotopic (exact) mass is 345 g/mol. The molecule has 7 nitrogen and oxygen atoms in total. The zero-order valence-electron chi connectivity index (χ0n) is 12.8. The summed E-state index contributed by atoms with van der Waals surface area (Å²) in [6.45, 7) is 0.488. The molecule has 8 heteroatoms. The third-order valence-corrected chi connectivity index (χ3v) is 4.09. The molecule has 0 radical (unpaired) electrons. The van der Waals surface area contributed by atoms with Gasteiger partial charge in [0.15, 0.2) is 0 Å². The van der Waals surface area contributed by atoms with E-state index < -0.39 is 15.9 Å². The molecule has 3 N–H and O–H groups in total. The molecule has 3 rings (SSSR count).